The van der Waals surface area contributed by atoms with Crippen LogP contribution in [0.4, 0.5) is 11.4 Å². The van der Waals surface area contributed by atoms with Gasteiger partial charge in [0.2, 0.25) is 0 Å². The summed E-state index contributed by atoms with van der Waals surface area (Å²) in [6, 6.07) is 26.4. The second kappa shape index (κ2) is 8.01. The molecule has 0 saturated carbocycles. The van der Waals surface area contributed by atoms with Crippen molar-refractivity contribution in [1.82, 2.24) is 0 Å². The molecular weight excluding hydrogens is 334 g/mol. The van der Waals surface area contributed by atoms with E-state index in [1.165, 1.54) is 58.0 Å². The van der Waals surface area contributed by atoms with Gasteiger partial charge in [0.25, 0.3) is 0 Å². The average molecular weight is 360 g/mol. The van der Waals surface area contributed by atoms with E-state index in [-0.39, 0.29) is 0 Å². The Morgan fingerprint density at radius 3 is 2.31 bits per heavy atom. The highest BCUT2D eigenvalue weighted by Crippen LogP contribution is 2.49. The molecule has 1 aliphatic heterocycles. The van der Waals surface area contributed by atoms with Gasteiger partial charge in [-0.3, -0.25) is 0 Å². The van der Waals surface area contributed by atoms with E-state index in [0.717, 1.165) is 6.54 Å². The van der Waals surface area contributed by atoms with E-state index in [1.807, 2.05) is 11.8 Å². The first-order valence-electron chi connectivity index (χ1n) is 9.60. The number of nitrogens with zero attached hydrogens (tertiary/aromatic N) is 1. The Bertz CT molecular complexity index is 872. The molecule has 0 radical (unpaired) electrons. The molecule has 4 rings (SSSR count). The first kappa shape index (κ1) is 17.2. The van der Waals surface area contributed by atoms with E-state index >= 15 is 0 Å². The van der Waals surface area contributed by atoms with Crippen molar-refractivity contribution in [2.45, 2.75) is 42.4 Å². The maximum atomic E-state index is 2.52. The summed E-state index contributed by atoms with van der Waals surface area (Å²) in [4.78, 5) is 5.24. The van der Waals surface area contributed by atoms with E-state index in [9.17, 15) is 0 Å². The molecule has 0 saturated heterocycles. The Morgan fingerprint density at radius 2 is 1.46 bits per heavy atom. The molecule has 0 aliphatic carbocycles. The topological polar surface area (TPSA) is 3.24 Å². The van der Waals surface area contributed by atoms with Crippen molar-refractivity contribution in [3.05, 3.63) is 72.8 Å². The van der Waals surface area contributed by atoms with Gasteiger partial charge in [-0.25, -0.2) is 0 Å². The fraction of sp³-hybridized carbons (Fsp3) is 0.250. The summed E-state index contributed by atoms with van der Waals surface area (Å²) in [6.45, 7) is 3.36. The average Bonchev–Trinajstić information content (AvgIpc) is 2.70. The lowest BCUT2D eigenvalue weighted by molar-refractivity contribution is 0.666. The lowest BCUT2D eigenvalue weighted by Crippen LogP contribution is -2.21. The SMILES string of the molecule is CCCCCCN1c2ccccc2Sc2cc(-c3ccccc3)ccc21. The number of unbranched alkanes of at least 4 members (excludes halogenated alkanes) is 3. The maximum absolute atomic E-state index is 2.52. The first-order valence-corrected chi connectivity index (χ1v) is 10.4. The van der Waals surface area contributed by atoms with Crippen LogP contribution in [-0.2, 0) is 0 Å². The normalized spacial score (nSPS) is 12.6. The van der Waals surface area contributed by atoms with Crippen LogP contribution in [-0.4, -0.2) is 6.54 Å². The number of para-hydroxylation sites is 1. The van der Waals surface area contributed by atoms with Gasteiger partial charge in [-0.2, -0.15) is 0 Å². The number of fused-ring (bicyclic) bond motifs is 2. The van der Waals surface area contributed by atoms with Crippen LogP contribution in [0.1, 0.15) is 32.6 Å². The van der Waals surface area contributed by atoms with E-state index in [0.29, 0.717) is 0 Å². The molecule has 0 fully saturated rings. The van der Waals surface area contributed by atoms with Crippen molar-refractivity contribution in [2.75, 3.05) is 11.4 Å². The van der Waals surface area contributed by atoms with Gasteiger partial charge in [0.1, 0.15) is 0 Å². The van der Waals surface area contributed by atoms with Crippen LogP contribution in [0.25, 0.3) is 11.1 Å². The number of hydrogen-bond acceptors (Lipinski definition) is 2. The van der Waals surface area contributed by atoms with Crippen molar-refractivity contribution in [1.29, 1.82) is 0 Å². The Balaban J connectivity index is 1.68. The Labute approximate surface area is 161 Å². The summed E-state index contributed by atoms with van der Waals surface area (Å²) in [6.07, 6.45) is 5.15. The van der Waals surface area contributed by atoms with Gasteiger partial charge in [0.05, 0.1) is 11.4 Å². The zero-order chi connectivity index (χ0) is 17.8. The zero-order valence-corrected chi connectivity index (χ0v) is 16.1. The predicted octanol–water partition coefficient (Wildman–Crippen LogP) is 7.54. The third kappa shape index (κ3) is 3.52. The minimum Gasteiger partial charge on any atom is -0.340 e. The van der Waals surface area contributed by atoms with Gasteiger partial charge in [-0.1, -0.05) is 86.5 Å². The van der Waals surface area contributed by atoms with E-state index in [4.69, 9.17) is 0 Å². The molecule has 0 N–H and O–H groups in total. The van der Waals surface area contributed by atoms with Crippen molar-refractivity contribution < 1.29 is 0 Å². The van der Waals surface area contributed by atoms with Gasteiger partial charge in [-0.05, 0) is 41.8 Å². The molecule has 0 unspecified atom stereocenters. The van der Waals surface area contributed by atoms with E-state index in [2.05, 4.69) is 84.6 Å². The fourth-order valence-corrected chi connectivity index (χ4v) is 4.72. The van der Waals surface area contributed by atoms with Crippen molar-refractivity contribution >= 4 is 23.1 Å². The number of benzene rings is 3. The Morgan fingerprint density at radius 1 is 0.692 bits per heavy atom. The van der Waals surface area contributed by atoms with Crippen LogP contribution in [0, 0.1) is 0 Å². The Kier molecular flexibility index (Phi) is 5.31. The van der Waals surface area contributed by atoms with Crippen LogP contribution in [0.3, 0.4) is 0 Å². The molecule has 3 aromatic rings. The van der Waals surface area contributed by atoms with Crippen molar-refractivity contribution in [2.24, 2.45) is 0 Å². The standard InChI is InChI=1S/C24H25NS/c1-2-3-4-10-17-25-21-13-8-9-14-23(21)26-24-18-20(15-16-22(24)25)19-11-6-5-7-12-19/h5-9,11-16,18H,2-4,10,17H2,1H3. The van der Waals surface area contributed by atoms with Gasteiger partial charge in [0.15, 0.2) is 0 Å². The van der Waals surface area contributed by atoms with E-state index in [1.54, 1.807) is 0 Å². The number of hydrogen-bond donors (Lipinski definition) is 0. The molecule has 0 bridgehead atoms. The summed E-state index contributed by atoms with van der Waals surface area (Å²) in [5.74, 6) is 0. The predicted molar refractivity (Wildman–Crippen MR) is 114 cm³/mol. The van der Waals surface area contributed by atoms with Crippen LogP contribution in [0.5, 0.6) is 0 Å². The molecule has 0 spiro atoms. The summed E-state index contributed by atoms with van der Waals surface area (Å²) >= 11 is 1.90. The molecule has 0 atom stereocenters. The second-order valence-electron chi connectivity index (χ2n) is 6.83. The summed E-state index contributed by atoms with van der Waals surface area (Å²) < 4.78 is 0. The van der Waals surface area contributed by atoms with Gasteiger partial charge in [-0.15, -0.1) is 0 Å². The molecule has 1 nitrogen and oxygen atoms in total. The minimum atomic E-state index is 1.09. The molecule has 1 heterocycles. The second-order valence-corrected chi connectivity index (χ2v) is 7.91. The van der Waals surface area contributed by atoms with Crippen molar-refractivity contribution in [3.8, 4) is 11.1 Å². The third-order valence-corrected chi connectivity index (χ3v) is 6.08. The zero-order valence-electron chi connectivity index (χ0n) is 15.3. The van der Waals surface area contributed by atoms with E-state index < -0.39 is 0 Å². The maximum Gasteiger partial charge on any atom is 0.0553 e. The molecule has 1 aliphatic rings. The highest BCUT2D eigenvalue weighted by atomic mass is 32.2. The summed E-state index contributed by atoms with van der Waals surface area (Å²) in [7, 11) is 0. The lowest BCUT2D eigenvalue weighted by atomic mass is 10.0. The molecule has 3 aromatic carbocycles. The van der Waals surface area contributed by atoms with Crippen LogP contribution in [0.2, 0.25) is 0 Å². The smallest absolute Gasteiger partial charge is 0.0553 e. The van der Waals surface area contributed by atoms with Crippen molar-refractivity contribution in [3.63, 3.8) is 0 Å². The fourth-order valence-electron chi connectivity index (χ4n) is 3.58. The lowest BCUT2D eigenvalue weighted by Gasteiger charge is -2.33. The molecule has 2 heteroatoms. The van der Waals surface area contributed by atoms with Crippen LogP contribution in [0.15, 0.2) is 82.6 Å². The number of anilines is 2. The minimum absolute atomic E-state index is 1.09. The molecule has 132 valence electrons. The van der Waals surface area contributed by atoms with Gasteiger partial charge >= 0.3 is 0 Å². The quantitative estimate of drug-likeness (QED) is 0.418. The molecule has 26 heavy (non-hydrogen) atoms. The largest absolute Gasteiger partial charge is 0.340 e. The van der Waals surface area contributed by atoms with Crippen LogP contribution < -0.4 is 4.90 Å². The third-order valence-electron chi connectivity index (χ3n) is 4.97. The molecule has 0 amide bonds. The molecular formula is C24H25NS. The molecule has 0 aromatic heterocycles. The van der Waals surface area contributed by atoms with Crippen LogP contribution >= 0.6 is 11.8 Å². The summed E-state index contributed by atoms with van der Waals surface area (Å²) in [5.41, 5.74) is 5.28. The monoisotopic (exact) mass is 359 g/mol. The highest BCUT2D eigenvalue weighted by molar-refractivity contribution is 7.99. The summed E-state index contributed by atoms with van der Waals surface area (Å²) in [5, 5.41) is 0. The Hall–Kier alpha value is -2.19. The highest BCUT2D eigenvalue weighted by Gasteiger charge is 2.23. The number of rotatable bonds is 6. The first-order chi connectivity index (χ1) is 12.9. The van der Waals surface area contributed by atoms with Gasteiger partial charge < -0.3 is 4.90 Å². The van der Waals surface area contributed by atoms with Gasteiger partial charge in [0, 0.05) is 16.3 Å².